The lowest BCUT2D eigenvalue weighted by molar-refractivity contribution is -0.121. The van der Waals surface area contributed by atoms with Crippen molar-refractivity contribution in [2.24, 2.45) is 5.92 Å². The van der Waals surface area contributed by atoms with Crippen LogP contribution in [-0.2, 0) is 9.59 Å². The van der Waals surface area contributed by atoms with Crippen molar-refractivity contribution < 1.29 is 9.59 Å². The molecule has 0 aliphatic heterocycles. The van der Waals surface area contributed by atoms with Gasteiger partial charge in [-0.05, 0) is 12.3 Å². The molecule has 136 valence electrons. The molecular formula is C16H33N3O2S2. The smallest absolute Gasteiger partial charge is 0.221 e. The van der Waals surface area contributed by atoms with E-state index in [-0.39, 0.29) is 11.8 Å². The number of hydrogen-bond donors (Lipinski definition) is 3. The molecule has 5 nitrogen and oxygen atoms in total. The highest BCUT2D eigenvalue weighted by Crippen LogP contribution is 2.19. The van der Waals surface area contributed by atoms with E-state index < -0.39 is 0 Å². The van der Waals surface area contributed by atoms with Gasteiger partial charge in [-0.2, -0.15) is 0 Å². The topological polar surface area (TPSA) is 70.2 Å². The maximum atomic E-state index is 11.5. The first-order valence-corrected chi connectivity index (χ1v) is 10.9. The van der Waals surface area contributed by atoms with E-state index in [1.807, 2.05) is 0 Å². The summed E-state index contributed by atoms with van der Waals surface area (Å²) in [7, 11) is 3.46. The van der Waals surface area contributed by atoms with Crippen molar-refractivity contribution in [1.29, 1.82) is 0 Å². The molecule has 2 amide bonds. The van der Waals surface area contributed by atoms with Gasteiger partial charge in [-0.25, -0.2) is 0 Å². The first kappa shape index (κ1) is 22.6. The van der Waals surface area contributed by atoms with Crippen LogP contribution in [0.5, 0.6) is 0 Å². The lowest BCUT2D eigenvalue weighted by Gasteiger charge is -2.08. The lowest BCUT2D eigenvalue weighted by Crippen LogP contribution is -2.31. The molecule has 0 aromatic heterocycles. The van der Waals surface area contributed by atoms with Crippen molar-refractivity contribution in [3.05, 3.63) is 0 Å². The minimum atomic E-state index is 0.0983. The number of carbonyl (C=O) groups excluding carboxylic acids is 2. The summed E-state index contributed by atoms with van der Waals surface area (Å²) < 4.78 is 0. The second-order valence-electron chi connectivity index (χ2n) is 6.14. The Morgan fingerprint density at radius 3 is 1.83 bits per heavy atom. The highest BCUT2D eigenvalue weighted by molar-refractivity contribution is 8.76. The van der Waals surface area contributed by atoms with E-state index in [9.17, 15) is 9.59 Å². The zero-order valence-electron chi connectivity index (χ0n) is 14.9. The van der Waals surface area contributed by atoms with Crippen molar-refractivity contribution in [3.8, 4) is 0 Å². The first-order valence-electron chi connectivity index (χ1n) is 8.43. The van der Waals surface area contributed by atoms with Gasteiger partial charge in [-0.1, -0.05) is 49.3 Å². The zero-order chi connectivity index (χ0) is 17.5. The van der Waals surface area contributed by atoms with E-state index in [0.717, 1.165) is 24.5 Å². The van der Waals surface area contributed by atoms with Gasteiger partial charge >= 0.3 is 0 Å². The van der Waals surface area contributed by atoms with Gasteiger partial charge in [0.25, 0.3) is 0 Å². The Labute approximate surface area is 149 Å². The van der Waals surface area contributed by atoms with Crippen LogP contribution in [0, 0.1) is 5.92 Å². The Hall–Kier alpha value is -0.400. The Balaban J connectivity index is 3.30. The fourth-order valence-electron chi connectivity index (χ4n) is 1.65. The van der Waals surface area contributed by atoms with Gasteiger partial charge in [-0.3, -0.25) is 9.59 Å². The standard InChI is InChI=1S/C16H33N3O2S2/c1-13(2)5-6-15(20)18-9-11-22-23-12-10-19-16(21)7-8-17-14(3)4/h13-14,17H,5-12H2,1-4H3,(H,18,20)(H,19,21). The minimum absolute atomic E-state index is 0.0983. The van der Waals surface area contributed by atoms with Crippen LogP contribution in [0.15, 0.2) is 0 Å². The van der Waals surface area contributed by atoms with Crippen molar-refractivity contribution in [3.63, 3.8) is 0 Å². The normalized spacial score (nSPS) is 11.0. The Morgan fingerprint density at radius 1 is 0.826 bits per heavy atom. The van der Waals surface area contributed by atoms with E-state index in [1.54, 1.807) is 21.6 Å². The number of hydrogen-bond acceptors (Lipinski definition) is 5. The highest BCUT2D eigenvalue weighted by atomic mass is 33.1. The summed E-state index contributed by atoms with van der Waals surface area (Å²) in [6.45, 7) is 10.5. The van der Waals surface area contributed by atoms with Gasteiger partial charge in [0.2, 0.25) is 11.8 Å². The summed E-state index contributed by atoms with van der Waals surface area (Å²) >= 11 is 0. The van der Waals surface area contributed by atoms with Gasteiger partial charge < -0.3 is 16.0 Å². The Morgan fingerprint density at radius 2 is 1.35 bits per heavy atom. The quantitative estimate of drug-likeness (QED) is 0.327. The van der Waals surface area contributed by atoms with Gasteiger partial charge in [0.05, 0.1) is 0 Å². The average molecular weight is 364 g/mol. The van der Waals surface area contributed by atoms with Crippen LogP contribution in [0.4, 0.5) is 0 Å². The molecule has 0 spiro atoms. The number of carbonyl (C=O) groups is 2. The van der Waals surface area contributed by atoms with Crippen LogP contribution in [0.1, 0.15) is 47.0 Å². The molecule has 0 aromatic carbocycles. The molecule has 23 heavy (non-hydrogen) atoms. The lowest BCUT2D eigenvalue weighted by atomic mass is 10.1. The second-order valence-corrected chi connectivity index (χ2v) is 8.84. The summed E-state index contributed by atoms with van der Waals surface area (Å²) in [6, 6.07) is 0.417. The summed E-state index contributed by atoms with van der Waals surface area (Å²) in [4.78, 5) is 23.0. The predicted octanol–water partition coefficient (Wildman–Crippen LogP) is 2.42. The molecule has 0 fully saturated rings. The van der Waals surface area contributed by atoms with Crippen LogP contribution in [0.3, 0.4) is 0 Å². The van der Waals surface area contributed by atoms with Crippen LogP contribution in [-0.4, -0.2) is 49.0 Å². The fourth-order valence-corrected chi connectivity index (χ4v) is 3.47. The van der Waals surface area contributed by atoms with E-state index in [2.05, 4.69) is 43.6 Å². The molecule has 0 atom stereocenters. The van der Waals surface area contributed by atoms with Gasteiger partial charge in [0.15, 0.2) is 0 Å². The molecule has 0 radical (unpaired) electrons. The van der Waals surface area contributed by atoms with Gasteiger partial charge in [-0.15, -0.1) is 0 Å². The predicted molar refractivity (Wildman–Crippen MR) is 103 cm³/mol. The molecule has 3 N–H and O–H groups in total. The molecule has 0 bridgehead atoms. The Kier molecular flexibility index (Phi) is 14.9. The van der Waals surface area contributed by atoms with Crippen LogP contribution < -0.4 is 16.0 Å². The summed E-state index contributed by atoms with van der Waals surface area (Å²) in [5, 5.41) is 9.06. The zero-order valence-corrected chi connectivity index (χ0v) is 16.6. The molecule has 0 saturated heterocycles. The third kappa shape index (κ3) is 17.8. The number of rotatable bonds is 14. The summed E-state index contributed by atoms with van der Waals surface area (Å²) in [5.74, 6) is 2.59. The molecule has 0 aromatic rings. The van der Waals surface area contributed by atoms with E-state index in [4.69, 9.17) is 0 Å². The SMILES string of the molecule is CC(C)CCC(=O)NCCSSCCNC(=O)CCNC(C)C. The number of amides is 2. The van der Waals surface area contributed by atoms with Crippen molar-refractivity contribution in [2.45, 2.75) is 53.0 Å². The molecule has 0 unspecified atom stereocenters. The maximum Gasteiger partial charge on any atom is 0.221 e. The minimum Gasteiger partial charge on any atom is -0.355 e. The van der Waals surface area contributed by atoms with E-state index >= 15 is 0 Å². The molecule has 0 aliphatic rings. The molecule has 0 rings (SSSR count). The molecule has 0 saturated carbocycles. The van der Waals surface area contributed by atoms with Gasteiger partial charge in [0.1, 0.15) is 0 Å². The van der Waals surface area contributed by atoms with Crippen molar-refractivity contribution >= 4 is 33.4 Å². The molecule has 7 heteroatoms. The fraction of sp³-hybridized carbons (Fsp3) is 0.875. The highest BCUT2D eigenvalue weighted by Gasteiger charge is 2.03. The number of nitrogens with one attached hydrogen (secondary N) is 3. The largest absolute Gasteiger partial charge is 0.355 e. The third-order valence-electron chi connectivity index (χ3n) is 2.95. The summed E-state index contributed by atoms with van der Waals surface area (Å²) in [6.07, 6.45) is 2.09. The first-order chi connectivity index (χ1) is 10.9. The van der Waals surface area contributed by atoms with E-state index in [0.29, 0.717) is 37.9 Å². The Bertz CT molecular complexity index is 326. The second kappa shape index (κ2) is 15.1. The van der Waals surface area contributed by atoms with Crippen LogP contribution >= 0.6 is 21.6 Å². The molecular weight excluding hydrogens is 330 g/mol. The van der Waals surface area contributed by atoms with Crippen LogP contribution in [0.25, 0.3) is 0 Å². The third-order valence-corrected chi connectivity index (χ3v) is 5.36. The van der Waals surface area contributed by atoms with Crippen LogP contribution in [0.2, 0.25) is 0 Å². The molecule has 0 aliphatic carbocycles. The monoisotopic (exact) mass is 363 g/mol. The van der Waals surface area contributed by atoms with Crippen molar-refractivity contribution in [1.82, 2.24) is 16.0 Å². The molecule has 0 heterocycles. The summed E-state index contributed by atoms with van der Waals surface area (Å²) in [5.41, 5.74) is 0. The van der Waals surface area contributed by atoms with E-state index in [1.165, 1.54) is 0 Å². The maximum absolute atomic E-state index is 11.5. The average Bonchev–Trinajstić information content (AvgIpc) is 2.47. The van der Waals surface area contributed by atoms with Gasteiger partial charge in [0, 0.05) is 50.0 Å². The van der Waals surface area contributed by atoms with Crippen molar-refractivity contribution in [2.75, 3.05) is 31.1 Å².